The molecule has 134 valence electrons. The van der Waals surface area contributed by atoms with Crippen molar-refractivity contribution in [3.8, 4) is 0 Å². The third-order valence-electron chi connectivity index (χ3n) is 4.96. The van der Waals surface area contributed by atoms with E-state index in [1.165, 1.54) is 12.8 Å². The van der Waals surface area contributed by atoms with Gasteiger partial charge in [-0.05, 0) is 38.6 Å². The second-order valence-corrected chi connectivity index (χ2v) is 6.76. The lowest BCUT2D eigenvalue weighted by Gasteiger charge is -2.32. The maximum absolute atomic E-state index is 12.7. The summed E-state index contributed by atoms with van der Waals surface area (Å²) in [6, 6.07) is 0.0654. The second kappa shape index (κ2) is 8.58. The summed E-state index contributed by atoms with van der Waals surface area (Å²) in [7, 11) is 1.61. The van der Waals surface area contributed by atoms with E-state index in [9.17, 15) is 4.79 Å². The monoisotopic (exact) mass is 336 g/mol. The van der Waals surface area contributed by atoms with E-state index in [0.29, 0.717) is 24.9 Å². The number of hydrogen-bond acceptors (Lipinski definition) is 6. The van der Waals surface area contributed by atoms with Crippen molar-refractivity contribution >= 4 is 5.91 Å². The van der Waals surface area contributed by atoms with Crippen molar-refractivity contribution in [2.45, 2.75) is 57.6 Å². The quantitative estimate of drug-likeness (QED) is 0.820. The molecule has 0 aromatic carbocycles. The third-order valence-corrected chi connectivity index (χ3v) is 4.96. The van der Waals surface area contributed by atoms with Crippen LogP contribution in [0, 0.1) is 0 Å². The van der Waals surface area contributed by atoms with Crippen molar-refractivity contribution < 1.29 is 14.1 Å². The summed E-state index contributed by atoms with van der Waals surface area (Å²) in [4.78, 5) is 21.4. The molecule has 0 aliphatic carbocycles. The van der Waals surface area contributed by atoms with Gasteiger partial charge in [0.2, 0.25) is 5.91 Å². The van der Waals surface area contributed by atoms with Gasteiger partial charge in [-0.3, -0.25) is 9.69 Å². The summed E-state index contributed by atoms with van der Waals surface area (Å²) in [5.74, 6) is 1.43. The molecule has 2 fully saturated rings. The minimum Gasteiger partial charge on any atom is -0.375 e. The minimum absolute atomic E-state index is 0.0654. The smallest absolute Gasteiger partial charge is 0.252 e. The summed E-state index contributed by atoms with van der Waals surface area (Å²) in [5, 5.41) is 4.14. The largest absolute Gasteiger partial charge is 0.375 e. The van der Waals surface area contributed by atoms with E-state index < -0.39 is 0 Å². The van der Waals surface area contributed by atoms with Crippen molar-refractivity contribution in [1.29, 1.82) is 0 Å². The number of rotatable bonds is 5. The van der Waals surface area contributed by atoms with Crippen molar-refractivity contribution in [1.82, 2.24) is 19.9 Å². The van der Waals surface area contributed by atoms with Crippen LogP contribution in [0.4, 0.5) is 0 Å². The molecule has 2 aliphatic rings. The van der Waals surface area contributed by atoms with E-state index >= 15 is 0 Å². The highest BCUT2D eigenvalue weighted by Gasteiger charge is 2.29. The van der Waals surface area contributed by atoms with Crippen LogP contribution in [0.5, 0.6) is 0 Å². The van der Waals surface area contributed by atoms with Gasteiger partial charge in [0.15, 0.2) is 5.82 Å². The summed E-state index contributed by atoms with van der Waals surface area (Å²) in [5.41, 5.74) is 0. The Bertz CT molecular complexity index is 528. The fraction of sp³-hybridized carbons (Fsp3) is 0.824. The number of nitrogens with zero attached hydrogens (tertiary/aromatic N) is 4. The Balaban J connectivity index is 1.68. The highest BCUT2D eigenvalue weighted by Crippen LogP contribution is 2.28. The molecule has 3 heterocycles. The molecular formula is C17H28N4O3. The normalized spacial score (nSPS) is 23.2. The Morgan fingerprint density at radius 2 is 1.92 bits per heavy atom. The van der Waals surface area contributed by atoms with Gasteiger partial charge < -0.3 is 14.2 Å². The van der Waals surface area contributed by atoms with Gasteiger partial charge in [0.05, 0.1) is 12.6 Å². The number of ether oxygens (including phenoxy) is 1. The van der Waals surface area contributed by atoms with Gasteiger partial charge in [-0.25, -0.2) is 0 Å². The highest BCUT2D eigenvalue weighted by molar-refractivity contribution is 5.78. The second-order valence-electron chi connectivity index (χ2n) is 6.76. The van der Waals surface area contributed by atoms with Gasteiger partial charge >= 0.3 is 0 Å². The average Bonchev–Trinajstić information content (AvgIpc) is 2.94. The van der Waals surface area contributed by atoms with Gasteiger partial charge in [-0.15, -0.1) is 0 Å². The summed E-state index contributed by atoms with van der Waals surface area (Å²) >= 11 is 0. The number of aromatic nitrogens is 2. The number of carbonyl (C=O) groups excluding carboxylic acids is 1. The Morgan fingerprint density at radius 3 is 2.71 bits per heavy atom. The van der Waals surface area contributed by atoms with Crippen molar-refractivity contribution in [2.75, 3.05) is 33.3 Å². The molecule has 1 atom stereocenters. The average molecular weight is 336 g/mol. The lowest BCUT2D eigenvalue weighted by Crippen LogP contribution is -2.44. The Morgan fingerprint density at radius 1 is 1.17 bits per heavy atom. The lowest BCUT2D eigenvalue weighted by molar-refractivity contribution is -0.134. The van der Waals surface area contributed by atoms with E-state index in [-0.39, 0.29) is 11.9 Å². The van der Waals surface area contributed by atoms with E-state index in [4.69, 9.17) is 9.26 Å². The zero-order valence-electron chi connectivity index (χ0n) is 14.6. The first-order valence-electron chi connectivity index (χ1n) is 9.11. The first-order valence-corrected chi connectivity index (χ1v) is 9.11. The number of piperidine rings is 1. The van der Waals surface area contributed by atoms with E-state index in [1.807, 2.05) is 4.90 Å². The molecule has 1 amide bonds. The lowest BCUT2D eigenvalue weighted by atomic mass is 10.1. The maximum atomic E-state index is 12.7. The molecule has 0 saturated carbocycles. The van der Waals surface area contributed by atoms with Crippen LogP contribution in [-0.4, -0.2) is 59.1 Å². The van der Waals surface area contributed by atoms with Crippen LogP contribution in [0.15, 0.2) is 4.52 Å². The van der Waals surface area contributed by atoms with E-state index in [0.717, 1.165) is 51.7 Å². The molecule has 0 radical (unpaired) electrons. The first kappa shape index (κ1) is 17.4. The molecule has 24 heavy (non-hydrogen) atoms. The van der Waals surface area contributed by atoms with Gasteiger partial charge in [0.1, 0.15) is 6.61 Å². The van der Waals surface area contributed by atoms with Crippen LogP contribution in [0.3, 0.4) is 0 Å². The SMILES string of the molecule is COCc1nc(C2CCCCCN2CC(=O)N2CCCCC2)no1. The van der Waals surface area contributed by atoms with E-state index in [1.54, 1.807) is 7.11 Å². The van der Waals surface area contributed by atoms with Gasteiger partial charge in [-0.2, -0.15) is 4.98 Å². The number of amides is 1. The molecule has 1 aromatic rings. The predicted octanol–water partition coefficient (Wildman–Crippen LogP) is 2.15. The van der Waals surface area contributed by atoms with Gasteiger partial charge in [-0.1, -0.05) is 18.0 Å². The molecule has 1 aromatic heterocycles. The van der Waals surface area contributed by atoms with Crippen molar-refractivity contribution in [3.63, 3.8) is 0 Å². The first-order chi connectivity index (χ1) is 11.8. The molecule has 2 aliphatic heterocycles. The molecule has 7 nitrogen and oxygen atoms in total. The number of likely N-dealkylation sites (tertiary alicyclic amines) is 2. The Labute approximate surface area is 143 Å². The van der Waals surface area contributed by atoms with Crippen LogP contribution < -0.4 is 0 Å². The zero-order valence-corrected chi connectivity index (χ0v) is 14.6. The molecular weight excluding hydrogens is 308 g/mol. The van der Waals surface area contributed by atoms with Gasteiger partial charge in [0.25, 0.3) is 5.89 Å². The Hall–Kier alpha value is -1.47. The van der Waals surface area contributed by atoms with Gasteiger partial charge in [0, 0.05) is 20.2 Å². The third kappa shape index (κ3) is 4.33. The number of hydrogen-bond donors (Lipinski definition) is 0. The standard InChI is InChI=1S/C17H28N4O3/c1-23-13-15-18-17(19-24-15)14-8-4-2-5-11-21(14)12-16(22)20-9-6-3-7-10-20/h14H,2-13H2,1H3. The molecule has 7 heteroatoms. The minimum atomic E-state index is 0.0654. The summed E-state index contributed by atoms with van der Waals surface area (Å²) in [6.45, 7) is 3.50. The van der Waals surface area contributed by atoms with Crippen LogP contribution in [0.2, 0.25) is 0 Å². The summed E-state index contributed by atoms with van der Waals surface area (Å²) < 4.78 is 10.3. The molecule has 3 rings (SSSR count). The zero-order chi connectivity index (χ0) is 16.8. The van der Waals surface area contributed by atoms with Crippen LogP contribution >= 0.6 is 0 Å². The molecule has 2 saturated heterocycles. The number of carbonyl (C=O) groups is 1. The van der Waals surface area contributed by atoms with Crippen LogP contribution in [0.1, 0.15) is 62.7 Å². The Kier molecular flexibility index (Phi) is 6.20. The maximum Gasteiger partial charge on any atom is 0.252 e. The fourth-order valence-electron chi connectivity index (χ4n) is 3.65. The molecule has 0 spiro atoms. The molecule has 1 unspecified atom stereocenters. The van der Waals surface area contributed by atoms with E-state index in [2.05, 4.69) is 15.0 Å². The predicted molar refractivity (Wildman–Crippen MR) is 88.2 cm³/mol. The van der Waals surface area contributed by atoms with Crippen LogP contribution in [0.25, 0.3) is 0 Å². The van der Waals surface area contributed by atoms with Crippen molar-refractivity contribution in [3.05, 3.63) is 11.7 Å². The fourth-order valence-corrected chi connectivity index (χ4v) is 3.65. The molecule has 0 N–H and O–H groups in total. The molecule has 0 bridgehead atoms. The number of methoxy groups -OCH3 is 1. The highest BCUT2D eigenvalue weighted by atomic mass is 16.5. The summed E-state index contributed by atoms with van der Waals surface area (Å²) in [6.07, 6.45) is 7.90. The van der Waals surface area contributed by atoms with Crippen molar-refractivity contribution in [2.24, 2.45) is 0 Å². The van der Waals surface area contributed by atoms with Crippen LogP contribution in [-0.2, 0) is 16.1 Å². The topological polar surface area (TPSA) is 71.7 Å².